The van der Waals surface area contributed by atoms with Crippen molar-refractivity contribution < 1.29 is 19.1 Å². The highest BCUT2D eigenvalue weighted by atomic mass is 32.1. The first kappa shape index (κ1) is 22.1. The Morgan fingerprint density at radius 3 is 2.45 bits per heavy atom. The van der Waals surface area contributed by atoms with Crippen molar-refractivity contribution in [3.63, 3.8) is 0 Å². The topological polar surface area (TPSA) is 99.5 Å². The van der Waals surface area contributed by atoms with Crippen LogP contribution in [0.4, 0.5) is 10.7 Å². The number of amides is 2. The van der Waals surface area contributed by atoms with Gasteiger partial charge in [0.25, 0.3) is 5.91 Å². The highest BCUT2D eigenvalue weighted by molar-refractivity contribution is 7.18. The normalized spacial score (nSPS) is 10.7. The van der Waals surface area contributed by atoms with Gasteiger partial charge < -0.3 is 10.1 Å². The second kappa shape index (κ2) is 9.34. The molecule has 1 aromatic carbocycles. The van der Waals surface area contributed by atoms with Crippen molar-refractivity contribution in [2.45, 2.75) is 27.7 Å². The number of hydrogen-bond donors (Lipinski definition) is 1. The van der Waals surface area contributed by atoms with Crippen LogP contribution in [0.15, 0.2) is 36.4 Å². The number of hydrogen-bond acceptors (Lipinski definition) is 6. The van der Waals surface area contributed by atoms with Crippen molar-refractivity contribution >= 4 is 39.8 Å². The third-order valence-electron chi connectivity index (χ3n) is 3.95. The fourth-order valence-electron chi connectivity index (χ4n) is 2.32. The predicted octanol–water partition coefficient (Wildman–Crippen LogP) is 3.75. The van der Waals surface area contributed by atoms with E-state index in [0.717, 1.165) is 11.3 Å². The maximum Gasteiger partial charge on any atom is 0.349 e. The zero-order valence-electron chi connectivity index (χ0n) is 16.8. The molecule has 0 unspecified atom stereocenters. The first-order valence-corrected chi connectivity index (χ1v) is 9.76. The summed E-state index contributed by atoms with van der Waals surface area (Å²) in [5, 5.41) is 12.3. The number of nitrogens with zero attached hydrogens (tertiary/aromatic N) is 2. The number of carbonyl (C=O) groups excluding carboxylic acids is 3. The number of para-hydroxylation sites is 1. The van der Waals surface area contributed by atoms with Gasteiger partial charge >= 0.3 is 5.97 Å². The minimum absolute atomic E-state index is 0.151. The molecule has 1 N–H and O–H groups in total. The van der Waals surface area contributed by atoms with Crippen LogP contribution in [0.1, 0.15) is 36.0 Å². The lowest BCUT2D eigenvalue weighted by Crippen LogP contribution is -2.35. The summed E-state index contributed by atoms with van der Waals surface area (Å²) in [6.07, 6.45) is 0. The van der Waals surface area contributed by atoms with Crippen molar-refractivity contribution in [3.05, 3.63) is 46.8 Å². The quantitative estimate of drug-likeness (QED) is 0.574. The molecule has 8 heteroatoms. The largest absolute Gasteiger partial charge is 0.451 e. The Morgan fingerprint density at radius 2 is 1.86 bits per heavy atom. The zero-order valence-corrected chi connectivity index (χ0v) is 17.6. The molecule has 0 aliphatic carbocycles. The molecule has 29 heavy (non-hydrogen) atoms. The first-order valence-electron chi connectivity index (χ1n) is 8.95. The summed E-state index contributed by atoms with van der Waals surface area (Å²) in [5.74, 6) is -1.31. The monoisotopic (exact) mass is 413 g/mol. The van der Waals surface area contributed by atoms with Crippen LogP contribution in [0.25, 0.3) is 0 Å². The van der Waals surface area contributed by atoms with E-state index >= 15 is 0 Å². The van der Waals surface area contributed by atoms with E-state index in [4.69, 9.17) is 10.00 Å². The second-order valence-corrected chi connectivity index (χ2v) is 8.43. The van der Waals surface area contributed by atoms with Crippen LogP contribution in [0.5, 0.6) is 0 Å². The Hall–Kier alpha value is -3.18. The molecule has 0 aliphatic heterocycles. The molecule has 0 spiro atoms. The minimum atomic E-state index is -0.651. The summed E-state index contributed by atoms with van der Waals surface area (Å²) in [6, 6.07) is 12.3. The zero-order chi connectivity index (χ0) is 21.6. The molecule has 0 fully saturated rings. The number of thiophene rings is 1. The molecule has 2 rings (SSSR count). The molecule has 1 heterocycles. The van der Waals surface area contributed by atoms with Crippen LogP contribution in [0.2, 0.25) is 0 Å². The smallest absolute Gasteiger partial charge is 0.349 e. The van der Waals surface area contributed by atoms with Gasteiger partial charge in [-0.05, 0) is 30.7 Å². The molecule has 0 saturated carbocycles. The van der Waals surface area contributed by atoms with Crippen LogP contribution < -0.4 is 10.2 Å². The van der Waals surface area contributed by atoms with Gasteiger partial charge in [0, 0.05) is 11.1 Å². The van der Waals surface area contributed by atoms with E-state index in [1.807, 2.05) is 6.07 Å². The molecule has 1 aromatic heterocycles. The lowest BCUT2D eigenvalue weighted by molar-refractivity contribution is -0.123. The maximum atomic E-state index is 12.5. The Kier molecular flexibility index (Phi) is 7.13. The number of esters is 1. The van der Waals surface area contributed by atoms with Gasteiger partial charge in [-0.25, -0.2) is 4.79 Å². The summed E-state index contributed by atoms with van der Waals surface area (Å²) in [7, 11) is 0. The number of aryl methyl sites for hydroxylation is 1. The van der Waals surface area contributed by atoms with Crippen molar-refractivity contribution in [1.29, 1.82) is 5.26 Å². The van der Waals surface area contributed by atoms with Gasteiger partial charge in [0.05, 0.1) is 11.1 Å². The number of benzene rings is 1. The first-order chi connectivity index (χ1) is 13.6. The van der Waals surface area contributed by atoms with Crippen molar-refractivity contribution in [1.82, 2.24) is 0 Å². The number of rotatable bonds is 6. The summed E-state index contributed by atoms with van der Waals surface area (Å²) in [5.41, 5.74) is 0.635. The molecule has 0 bridgehead atoms. The molecule has 0 saturated heterocycles. The van der Waals surface area contributed by atoms with E-state index < -0.39 is 23.9 Å². The van der Waals surface area contributed by atoms with E-state index in [-0.39, 0.29) is 12.5 Å². The van der Waals surface area contributed by atoms with Gasteiger partial charge in [0.2, 0.25) is 5.91 Å². The van der Waals surface area contributed by atoms with Gasteiger partial charge in [-0.2, -0.15) is 5.26 Å². The highest BCUT2D eigenvalue weighted by Gasteiger charge is 2.24. The molecule has 0 atom stereocenters. The van der Waals surface area contributed by atoms with Crippen LogP contribution in [-0.4, -0.2) is 30.9 Å². The van der Waals surface area contributed by atoms with Crippen LogP contribution >= 0.6 is 11.3 Å². The van der Waals surface area contributed by atoms with Crippen molar-refractivity contribution in [3.8, 4) is 6.07 Å². The highest BCUT2D eigenvalue weighted by Crippen LogP contribution is 2.29. The molecule has 7 nitrogen and oxygen atoms in total. The summed E-state index contributed by atoms with van der Waals surface area (Å²) in [6.45, 7) is 6.47. The standard InChI is InChI=1S/C21H23N3O4S/c1-14-12-16(23-20(27)21(2,3)4)29-18(14)19(26)28-13-17(25)24(11-10-22)15-8-6-5-7-9-15/h5-9,12H,11,13H2,1-4H3,(H,23,27). The van der Waals surface area contributed by atoms with E-state index in [9.17, 15) is 14.4 Å². The van der Waals surface area contributed by atoms with Gasteiger partial charge in [0.1, 0.15) is 11.4 Å². The number of carbonyl (C=O) groups is 3. The third-order valence-corrected chi connectivity index (χ3v) is 5.08. The minimum Gasteiger partial charge on any atom is -0.451 e. The van der Waals surface area contributed by atoms with Gasteiger partial charge in [-0.3, -0.25) is 14.5 Å². The number of nitrogens with one attached hydrogen (secondary N) is 1. The average molecular weight is 413 g/mol. The number of ether oxygens (including phenoxy) is 1. The van der Waals surface area contributed by atoms with E-state index in [2.05, 4.69) is 5.32 Å². The van der Waals surface area contributed by atoms with Crippen LogP contribution in [0, 0.1) is 23.7 Å². The SMILES string of the molecule is Cc1cc(NC(=O)C(C)(C)C)sc1C(=O)OCC(=O)N(CC#N)c1ccccc1. The average Bonchev–Trinajstić information content (AvgIpc) is 3.04. The molecular formula is C21H23N3O4S. The molecule has 152 valence electrons. The maximum absolute atomic E-state index is 12.5. The summed E-state index contributed by atoms with van der Waals surface area (Å²) >= 11 is 1.10. The predicted molar refractivity (Wildman–Crippen MR) is 112 cm³/mol. The second-order valence-electron chi connectivity index (χ2n) is 7.38. The molecule has 2 aromatic rings. The molecule has 0 radical (unpaired) electrons. The lowest BCUT2D eigenvalue weighted by Gasteiger charge is -2.19. The Balaban J connectivity index is 2.04. The molecule has 0 aliphatic rings. The van der Waals surface area contributed by atoms with Crippen LogP contribution in [-0.2, 0) is 14.3 Å². The van der Waals surface area contributed by atoms with Gasteiger partial charge in [0.15, 0.2) is 6.61 Å². The fourth-order valence-corrected chi connectivity index (χ4v) is 3.28. The Labute approximate surface area is 173 Å². The van der Waals surface area contributed by atoms with Gasteiger partial charge in [-0.15, -0.1) is 11.3 Å². The fraction of sp³-hybridized carbons (Fsp3) is 0.333. The van der Waals surface area contributed by atoms with Crippen LogP contribution in [0.3, 0.4) is 0 Å². The third kappa shape index (κ3) is 5.90. The molecule has 2 amide bonds. The summed E-state index contributed by atoms with van der Waals surface area (Å²) in [4.78, 5) is 38.6. The Morgan fingerprint density at radius 1 is 1.21 bits per heavy atom. The number of anilines is 2. The summed E-state index contributed by atoms with van der Waals surface area (Å²) < 4.78 is 5.16. The van der Waals surface area contributed by atoms with E-state index in [1.54, 1.807) is 64.1 Å². The van der Waals surface area contributed by atoms with Crippen molar-refractivity contribution in [2.75, 3.05) is 23.4 Å². The lowest BCUT2D eigenvalue weighted by atomic mass is 9.96. The van der Waals surface area contributed by atoms with Gasteiger partial charge in [-0.1, -0.05) is 39.0 Å². The number of nitriles is 1. The van der Waals surface area contributed by atoms with E-state index in [0.29, 0.717) is 21.1 Å². The molecular weight excluding hydrogens is 390 g/mol. The van der Waals surface area contributed by atoms with E-state index in [1.165, 1.54) is 4.90 Å². The van der Waals surface area contributed by atoms with Crippen molar-refractivity contribution in [2.24, 2.45) is 5.41 Å². The Bertz CT molecular complexity index is 939.